The summed E-state index contributed by atoms with van der Waals surface area (Å²) in [5, 5.41) is 0. The molecule has 0 aromatic carbocycles. The number of hydrogen-bond acceptors (Lipinski definition) is 8. The molecule has 0 spiro atoms. The maximum absolute atomic E-state index is 11.5. The van der Waals surface area contributed by atoms with E-state index in [-0.39, 0.29) is 13.0 Å². The molecule has 1 aliphatic rings. The molecule has 8 nitrogen and oxygen atoms in total. The Hall–Kier alpha value is -2.19. The highest BCUT2D eigenvalue weighted by atomic mass is 16.7. The van der Waals surface area contributed by atoms with Gasteiger partial charge >= 0.3 is 17.9 Å². The smallest absolute Gasteiger partial charge is 0.303 e. The average Bonchev–Trinajstić information content (AvgIpc) is 2.61. The third-order valence-electron chi connectivity index (χ3n) is 4.36. The molecule has 1 aliphatic heterocycles. The largest absolute Gasteiger partial charge is 0.463 e. The van der Waals surface area contributed by atoms with Gasteiger partial charge in [-0.3, -0.25) is 14.4 Å². The quantitative estimate of drug-likeness (QED) is 0.298. The van der Waals surface area contributed by atoms with Crippen LogP contribution < -0.4 is 0 Å². The van der Waals surface area contributed by atoms with Crippen LogP contribution in [0.5, 0.6) is 0 Å². The fraction of sp³-hybridized carbons (Fsp3) is 0.682. The van der Waals surface area contributed by atoms with E-state index < -0.39 is 42.5 Å². The molecule has 1 rings (SSSR count). The van der Waals surface area contributed by atoms with Gasteiger partial charge in [0.2, 0.25) is 0 Å². The van der Waals surface area contributed by atoms with E-state index in [9.17, 15) is 14.4 Å². The van der Waals surface area contributed by atoms with Crippen molar-refractivity contribution in [3.05, 3.63) is 23.3 Å². The molecule has 0 aromatic heterocycles. The van der Waals surface area contributed by atoms with Crippen LogP contribution in [0.4, 0.5) is 0 Å². The lowest BCUT2D eigenvalue weighted by molar-refractivity contribution is -0.263. The molecule has 0 aromatic rings. The van der Waals surface area contributed by atoms with Gasteiger partial charge in [-0.05, 0) is 33.6 Å². The van der Waals surface area contributed by atoms with Crippen LogP contribution in [-0.2, 0) is 38.1 Å². The van der Waals surface area contributed by atoms with Gasteiger partial charge in [-0.1, -0.05) is 23.3 Å². The monoisotopic (exact) mass is 426 g/mol. The molecule has 0 amide bonds. The van der Waals surface area contributed by atoms with E-state index in [2.05, 4.69) is 19.9 Å². The standard InChI is InChI=1S/C22H34O8/c1-14(2)8-7-9-15(3)10-11-26-21-12-19(28-17(5)24)22(29-18(6)25)20(30-21)13-27-16(4)23/h8,10,19-22H,7,9,11-13H2,1-6H3/b15-10+/t19?,20?,21-,22+/m1/s1. The Balaban J connectivity index is 2.79. The lowest BCUT2D eigenvalue weighted by atomic mass is 10.0. The predicted molar refractivity (Wildman–Crippen MR) is 109 cm³/mol. The van der Waals surface area contributed by atoms with Crippen molar-refractivity contribution in [2.75, 3.05) is 13.2 Å². The van der Waals surface area contributed by atoms with Crippen LogP contribution in [0.15, 0.2) is 23.3 Å². The molecule has 0 N–H and O–H groups in total. The first-order valence-corrected chi connectivity index (χ1v) is 10.1. The summed E-state index contributed by atoms with van der Waals surface area (Å²) in [6, 6.07) is 0. The second-order valence-corrected chi connectivity index (χ2v) is 7.57. The van der Waals surface area contributed by atoms with E-state index in [1.165, 1.54) is 31.9 Å². The lowest BCUT2D eigenvalue weighted by Crippen LogP contribution is -2.54. The third-order valence-corrected chi connectivity index (χ3v) is 4.36. The highest BCUT2D eigenvalue weighted by Gasteiger charge is 2.44. The molecule has 0 saturated carbocycles. The number of carbonyl (C=O) groups excluding carboxylic acids is 3. The molecular formula is C22H34O8. The Kier molecular flexibility index (Phi) is 11.4. The van der Waals surface area contributed by atoms with Crippen LogP contribution in [0.1, 0.15) is 60.8 Å². The van der Waals surface area contributed by atoms with E-state index in [0.717, 1.165) is 12.8 Å². The molecule has 1 fully saturated rings. The molecule has 0 radical (unpaired) electrons. The van der Waals surface area contributed by atoms with Gasteiger partial charge in [0.15, 0.2) is 12.4 Å². The minimum Gasteiger partial charge on any atom is -0.463 e. The molecule has 1 saturated heterocycles. The van der Waals surface area contributed by atoms with Crippen molar-refractivity contribution < 1.29 is 38.1 Å². The molecule has 1 heterocycles. The first kappa shape index (κ1) is 25.8. The Morgan fingerprint density at radius 1 is 0.933 bits per heavy atom. The Labute approximate surface area is 178 Å². The first-order chi connectivity index (χ1) is 14.1. The van der Waals surface area contributed by atoms with Crippen LogP contribution in [0.25, 0.3) is 0 Å². The van der Waals surface area contributed by atoms with Crippen molar-refractivity contribution in [3.63, 3.8) is 0 Å². The molecule has 8 heteroatoms. The number of hydrogen-bond donors (Lipinski definition) is 0. The minimum atomic E-state index is -0.896. The van der Waals surface area contributed by atoms with Gasteiger partial charge in [-0.2, -0.15) is 0 Å². The van der Waals surface area contributed by atoms with Crippen LogP contribution in [0.3, 0.4) is 0 Å². The molecule has 4 atom stereocenters. The van der Waals surface area contributed by atoms with Crippen molar-refractivity contribution in [3.8, 4) is 0 Å². The number of ether oxygens (including phenoxy) is 5. The van der Waals surface area contributed by atoms with Crippen molar-refractivity contribution in [2.24, 2.45) is 0 Å². The second-order valence-electron chi connectivity index (χ2n) is 7.57. The van der Waals surface area contributed by atoms with Gasteiger partial charge in [0.05, 0.1) is 6.61 Å². The van der Waals surface area contributed by atoms with Gasteiger partial charge in [0.1, 0.15) is 18.8 Å². The van der Waals surface area contributed by atoms with Crippen LogP contribution >= 0.6 is 0 Å². The fourth-order valence-electron chi connectivity index (χ4n) is 2.99. The molecule has 0 bridgehead atoms. The second kappa shape index (κ2) is 13.2. The molecular weight excluding hydrogens is 392 g/mol. The average molecular weight is 427 g/mol. The van der Waals surface area contributed by atoms with E-state index in [1.807, 2.05) is 13.0 Å². The zero-order chi connectivity index (χ0) is 22.7. The number of carbonyl (C=O) groups is 3. The van der Waals surface area contributed by atoms with Crippen molar-refractivity contribution in [1.29, 1.82) is 0 Å². The number of rotatable bonds is 10. The third kappa shape index (κ3) is 10.5. The van der Waals surface area contributed by atoms with Gasteiger partial charge in [0.25, 0.3) is 0 Å². The van der Waals surface area contributed by atoms with Gasteiger partial charge < -0.3 is 23.7 Å². The van der Waals surface area contributed by atoms with E-state index in [0.29, 0.717) is 6.61 Å². The van der Waals surface area contributed by atoms with Crippen molar-refractivity contribution >= 4 is 17.9 Å². The topological polar surface area (TPSA) is 97.4 Å². The summed E-state index contributed by atoms with van der Waals surface area (Å²) in [6.45, 7) is 10.1. The van der Waals surface area contributed by atoms with Crippen LogP contribution in [0.2, 0.25) is 0 Å². The normalized spacial score (nSPS) is 24.0. The maximum atomic E-state index is 11.5. The highest BCUT2D eigenvalue weighted by molar-refractivity contribution is 5.67. The lowest BCUT2D eigenvalue weighted by Gasteiger charge is -2.39. The summed E-state index contributed by atoms with van der Waals surface area (Å²) in [4.78, 5) is 34.3. The number of esters is 3. The van der Waals surface area contributed by atoms with Gasteiger partial charge in [-0.15, -0.1) is 0 Å². The van der Waals surface area contributed by atoms with E-state index in [4.69, 9.17) is 23.7 Å². The summed E-state index contributed by atoms with van der Waals surface area (Å²) in [6.07, 6.45) is 3.06. The Bertz CT molecular complexity index is 648. The van der Waals surface area contributed by atoms with E-state index >= 15 is 0 Å². The highest BCUT2D eigenvalue weighted by Crippen LogP contribution is 2.27. The summed E-state index contributed by atoms with van der Waals surface area (Å²) in [7, 11) is 0. The van der Waals surface area contributed by atoms with Crippen molar-refractivity contribution in [1.82, 2.24) is 0 Å². The van der Waals surface area contributed by atoms with E-state index in [1.54, 1.807) is 0 Å². The fourth-order valence-corrected chi connectivity index (χ4v) is 2.99. The molecule has 170 valence electrons. The molecule has 2 unspecified atom stereocenters. The van der Waals surface area contributed by atoms with Crippen molar-refractivity contribution in [2.45, 2.75) is 85.4 Å². The zero-order valence-corrected chi connectivity index (χ0v) is 18.8. The van der Waals surface area contributed by atoms with Gasteiger partial charge in [0, 0.05) is 27.2 Å². The summed E-state index contributed by atoms with van der Waals surface area (Å²) in [5.74, 6) is -1.57. The molecule has 0 aliphatic carbocycles. The van der Waals surface area contributed by atoms with Crippen LogP contribution in [-0.4, -0.2) is 55.7 Å². The SMILES string of the molecule is CC(=O)OCC1O[C@@H](OC/C=C(\C)CCC=C(C)C)CC(OC(C)=O)[C@@H]1OC(C)=O. The Morgan fingerprint density at radius 3 is 2.17 bits per heavy atom. The maximum Gasteiger partial charge on any atom is 0.303 e. The summed E-state index contributed by atoms with van der Waals surface area (Å²) in [5.41, 5.74) is 2.47. The predicted octanol–water partition coefficient (Wildman–Crippen LogP) is 3.24. The summed E-state index contributed by atoms with van der Waals surface area (Å²) < 4.78 is 27.3. The van der Waals surface area contributed by atoms with Gasteiger partial charge in [-0.25, -0.2) is 0 Å². The summed E-state index contributed by atoms with van der Waals surface area (Å²) >= 11 is 0. The Morgan fingerprint density at radius 2 is 1.60 bits per heavy atom. The first-order valence-electron chi connectivity index (χ1n) is 10.1. The minimum absolute atomic E-state index is 0.150. The van der Waals surface area contributed by atoms with Crippen LogP contribution in [0, 0.1) is 0 Å². The number of allylic oxidation sites excluding steroid dienone is 3. The zero-order valence-electron chi connectivity index (χ0n) is 18.8. The molecule has 30 heavy (non-hydrogen) atoms.